The maximum absolute atomic E-state index is 12.1. The average molecular weight is 374 g/mol. The number of carbonyl (C=O) groups excluding carboxylic acids is 1. The molecule has 4 heteroatoms. The number of nitrogens with zero attached hydrogens (tertiary/aromatic N) is 1. The molecule has 2 aromatic carbocycles. The van der Waals surface area contributed by atoms with Crippen LogP contribution in [0.3, 0.4) is 0 Å². The van der Waals surface area contributed by atoms with Gasteiger partial charge in [-0.1, -0.05) is 40.2 Å². The Morgan fingerprint density at radius 3 is 2.09 bits per heavy atom. The number of piperidine rings is 1. The molecular formula is C19H20BrNO2. The third-order valence-corrected chi connectivity index (χ3v) is 4.63. The van der Waals surface area contributed by atoms with E-state index in [9.17, 15) is 4.79 Å². The highest BCUT2D eigenvalue weighted by Gasteiger charge is 2.16. The topological polar surface area (TPSA) is 29.5 Å². The van der Waals surface area contributed by atoms with Gasteiger partial charge in [0.25, 0.3) is 5.91 Å². The summed E-state index contributed by atoms with van der Waals surface area (Å²) in [6.45, 7) is 1.85. The lowest BCUT2D eigenvalue weighted by molar-refractivity contribution is -0.134. The van der Waals surface area contributed by atoms with E-state index >= 15 is 0 Å². The van der Waals surface area contributed by atoms with Crippen LogP contribution in [0.25, 0.3) is 11.1 Å². The van der Waals surface area contributed by atoms with Gasteiger partial charge in [0.15, 0.2) is 6.61 Å². The average Bonchev–Trinajstić information content (AvgIpc) is 2.61. The minimum atomic E-state index is 0.0849. The summed E-state index contributed by atoms with van der Waals surface area (Å²) < 4.78 is 6.70. The lowest BCUT2D eigenvalue weighted by Crippen LogP contribution is -2.38. The van der Waals surface area contributed by atoms with Crippen LogP contribution in [0.5, 0.6) is 5.75 Å². The van der Waals surface area contributed by atoms with Gasteiger partial charge in [0.1, 0.15) is 5.75 Å². The summed E-state index contributed by atoms with van der Waals surface area (Å²) >= 11 is 3.44. The van der Waals surface area contributed by atoms with Gasteiger partial charge in [-0.15, -0.1) is 0 Å². The minimum Gasteiger partial charge on any atom is -0.484 e. The van der Waals surface area contributed by atoms with Gasteiger partial charge in [-0.3, -0.25) is 4.79 Å². The van der Waals surface area contributed by atoms with Crippen LogP contribution in [0, 0.1) is 0 Å². The van der Waals surface area contributed by atoms with Crippen LogP contribution < -0.4 is 4.74 Å². The van der Waals surface area contributed by atoms with Crippen LogP contribution in [0.15, 0.2) is 53.0 Å². The number of likely N-dealkylation sites (tertiary alicyclic amines) is 1. The lowest BCUT2D eigenvalue weighted by atomic mass is 10.1. The SMILES string of the molecule is O=C(COc1ccc(-c2ccc(Br)cc2)cc1)N1CCCCC1. The van der Waals surface area contributed by atoms with Crippen molar-refractivity contribution in [3.8, 4) is 16.9 Å². The third kappa shape index (κ3) is 4.35. The van der Waals surface area contributed by atoms with Crippen molar-refractivity contribution in [3.63, 3.8) is 0 Å². The van der Waals surface area contributed by atoms with E-state index in [1.165, 1.54) is 6.42 Å². The van der Waals surface area contributed by atoms with Gasteiger partial charge in [0.05, 0.1) is 0 Å². The monoisotopic (exact) mass is 373 g/mol. The summed E-state index contributed by atoms with van der Waals surface area (Å²) in [4.78, 5) is 14.0. The van der Waals surface area contributed by atoms with Crippen molar-refractivity contribution in [1.29, 1.82) is 0 Å². The number of hydrogen-bond donors (Lipinski definition) is 0. The normalized spacial score (nSPS) is 14.6. The molecule has 0 saturated carbocycles. The van der Waals surface area contributed by atoms with Crippen molar-refractivity contribution in [2.45, 2.75) is 19.3 Å². The highest BCUT2D eigenvalue weighted by molar-refractivity contribution is 9.10. The quantitative estimate of drug-likeness (QED) is 0.788. The molecule has 1 saturated heterocycles. The van der Waals surface area contributed by atoms with Gasteiger partial charge in [-0.05, 0) is 54.7 Å². The van der Waals surface area contributed by atoms with E-state index in [2.05, 4.69) is 28.1 Å². The van der Waals surface area contributed by atoms with E-state index in [4.69, 9.17) is 4.74 Å². The fourth-order valence-corrected chi connectivity index (χ4v) is 3.03. The van der Waals surface area contributed by atoms with Crippen molar-refractivity contribution in [2.75, 3.05) is 19.7 Å². The Balaban J connectivity index is 1.57. The second kappa shape index (κ2) is 7.64. The van der Waals surface area contributed by atoms with Crippen molar-refractivity contribution in [3.05, 3.63) is 53.0 Å². The van der Waals surface area contributed by atoms with Gasteiger partial charge < -0.3 is 9.64 Å². The van der Waals surface area contributed by atoms with Crippen molar-refractivity contribution >= 4 is 21.8 Å². The summed E-state index contributed by atoms with van der Waals surface area (Å²) in [5, 5.41) is 0. The highest BCUT2D eigenvalue weighted by Crippen LogP contribution is 2.24. The molecule has 2 aromatic rings. The van der Waals surface area contributed by atoms with Crippen LogP contribution in [0.4, 0.5) is 0 Å². The first-order valence-corrected chi connectivity index (χ1v) is 8.78. The van der Waals surface area contributed by atoms with E-state index in [0.717, 1.165) is 47.3 Å². The van der Waals surface area contributed by atoms with Gasteiger partial charge in [-0.25, -0.2) is 0 Å². The second-order valence-corrected chi connectivity index (χ2v) is 6.68. The van der Waals surface area contributed by atoms with Crippen LogP contribution in [0.2, 0.25) is 0 Å². The molecule has 0 aliphatic carbocycles. The molecular weight excluding hydrogens is 354 g/mol. The molecule has 0 unspecified atom stereocenters. The number of carbonyl (C=O) groups is 1. The minimum absolute atomic E-state index is 0.0849. The molecule has 0 spiro atoms. The predicted octanol–water partition coefficient (Wildman–Crippen LogP) is 4.51. The fraction of sp³-hybridized carbons (Fsp3) is 0.316. The molecule has 1 fully saturated rings. The lowest BCUT2D eigenvalue weighted by Gasteiger charge is -2.26. The summed E-state index contributed by atoms with van der Waals surface area (Å²) in [6.07, 6.45) is 3.43. The molecule has 23 heavy (non-hydrogen) atoms. The van der Waals surface area contributed by atoms with Crippen molar-refractivity contribution in [2.24, 2.45) is 0 Å². The first kappa shape index (κ1) is 16.1. The molecule has 0 aromatic heterocycles. The summed E-state index contributed by atoms with van der Waals surface area (Å²) in [5.74, 6) is 0.818. The smallest absolute Gasteiger partial charge is 0.260 e. The maximum atomic E-state index is 12.1. The maximum Gasteiger partial charge on any atom is 0.260 e. The molecule has 1 heterocycles. The Labute approximate surface area is 145 Å². The first-order chi connectivity index (χ1) is 11.2. The summed E-state index contributed by atoms with van der Waals surface area (Å²) in [5.41, 5.74) is 2.29. The van der Waals surface area contributed by atoms with Gasteiger partial charge in [-0.2, -0.15) is 0 Å². The van der Waals surface area contributed by atoms with E-state index in [-0.39, 0.29) is 12.5 Å². The standard InChI is InChI=1S/C19H20BrNO2/c20-17-8-4-15(5-9-17)16-6-10-18(11-7-16)23-14-19(22)21-12-2-1-3-13-21/h4-11H,1-3,12-14H2. The van der Waals surface area contributed by atoms with E-state index in [1.54, 1.807) is 0 Å². The molecule has 1 aliphatic rings. The summed E-state index contributed by atoms with van der Waals surface area (Å²) in [6, 6.07) is 16.1. The van der Waals surface area contributed by atoms with Crippen LogP contribution >= 0.6 is 15.9 Å². The largest absolute Gasteiger partial charge is 0.484 e. The van der Waals surface area contributed by atoms with Crippen molar-refractivity contribution in [1.82, 2.24) is 4.90 Å². The number of amides is 1. The molecule has 1 aliphatic heterocycles. The Kier molecular flexibility index (Phi) is 5.34. The summed E-state index contributed by atoms with van der Waals surface area (Å²) in [7, 11) is 0. The van der Waals surface area contributed by atoms with Gasteiger partial charge >= 0.3 is 0 Å². The zero-order chi connectivity index (χ0) is 16.1. The van der Waals surface area contributed by atoms with E-state index in [0.29, 0.717) is 0 Å². The van der Waals surface area contributed by atoms with E-state index < -0.39 is 0 Å². The molecule has 120 valence electrons. The van der Waals surface area contributed by atoms with Gasteiger partial charge in [0, 0.05) is 17.6 Å². The Morgan fingerprint density at radius 1 is 0.913 bits per heavy atom. The van der Waals surface area contributed by atoms with Gasteiger partial charge in [0.2, 0.25) is 0 Å². The van der Waals surface area contributed by atoms with Crippen LogP contribution in [-0.4, -0.2) is 30.5 Å². The molecule has 0 bridgehead atoms. The van der Waals surface area contributed by atoms with Crippen LogP contribution in [0.1, 0.15) is 19.3 Å². The Hall–Kier alpha value is -1.81. The Morgan fingerprint density at radius 2 is 1.48 bits per heavy atom. The predicted molar refractivity (Wildman–Crippen MR) is 95.5 cm³/mol. The third-order valence-electron chi connectivity index (χ3n) is 4.10. The molecule has 0 N–H and O–H groups in total. The molecule has 3 rings (SSSR count). The highest BCUT2D eigenvalue weighted by atomic mass is 79.9. The molecule has 3 nitrogen and oxygen atoms in total. The Bertz CT molecular complexity index is 646. The van der Waals surface area contributed by atoms with Crippen LogP contribution in [-0.2, 0) is 4.79 Å². The number of rotatable bonds is 4. The zero-order valence-electron chi connectivity index (χ0n) is 13.0. The number of hydrogen-bond acceptors (Lipinski definition) is 2. The molecule has 0 atom stereocenters. The van der Waals surface area contributed by atoms with Crippen molar-refractivity contribution < 1.29 is 9.53 Å². The zero-order valence-corrected chi connectivity index (χ0v) is 14.6. The molecule has 1 amide bonds. The first-order valence-electron chi connectivity index (χ1n) is 7.99. The number of halogens is 1. The van der Waals surface area contributed by atoms with E-state index in [1.807, 2.05) is 41.3 Å². The number of ether oxygens (including phenoxy) is 1. The molecule has 0 radical (unpaired) electrons. The second-order valence-electron chi connectivity index (χ2n) is 5.76. The fourth-order valence-electron chi connectivity index (χ4n) is 2.77. The number of benzene rings is 2.